The molecule has 0 unspecified atom stereocenters. The number of rotatable bonds is 5. The molecule has 0 radical (unpaired) electrons. The standard InChI is InChI=1S/C17H28N4/c1-4-6-10-21-15(14(3)19-16(21)5-2)12-20-11-9-18-17(13-20)7-8-17/h6,10,18H,4-5,7-9,11-13H2,1-3H3/b10-6-. The van der Waals surface area contributed by atoms with Gasteiger partial charge in [-0.3, -0.25) is 4.90 Å². The molecule has 4 nitrogen and oxygen atoms in total. The van der Waals surface area contributed by atoms with E-state index in [0.717, 1.165) is 32.5 Å². The molecule has 21 heavy (non-hydrogen) atoms. The van der Waals surface area contributed by atoms with Gasteiger partial charge in [-0.25, -0.2) is 4.98 Å². The summed E-state index contributed by atoms with van der Waals surface area (Å²) in [5, 5.41) is 3.69. The Hall–Kier alpha value is -1.13. The highest BCUT2D eigenvalue weighted by molar-refractivity contribution is 5.32. The van der Waals surface area contributed by atoms with Crippen molar-refractivity contribution in [1.29, 1.82) is 0 Å². The fourth-order valence-corrected chi connectivity index (χ4v) is 3.34. The summed E-state index contributed by atoms with van der Waals surface area (Å²) < 4.78 is 2.32. The molecule has 0 bridgehead atoms. The predicted octanol–water partition coefficient (Wildman–Crippen LogP) is 2.57. The van der Waals surface area contributed by atoms with Crippen LogP contribution < -0.4 is 5.32 Å². The van der Waals surface area contributed by atoms with Crippen LogP contribution in [0.5, 0.6) is 0 Å². The smallest absolute Gasteiger partial charge is 0.113 e. The number of aryl methyl sites for hydroxylation is 2. The number of allylic oxidation sites excluding steroid dienone is 1. The van der Waals surface area contributed by atoms with Gasteiger partial charge in [0.15, 0.2) is 0 Å². The molecule has 1 aromatic rings. The van der Waals surface area contributed by atoms with E-state index in [1.54, 1.807) is 0 Å². The first-order chi connectivity index (χ1) is 10.2. The van der Waals surface area contributed by atoms with E-state index in [-0.39, 0.29) is 0 Å². The highest BCUT2D eigenvalue weighted by Gasteiger charge is 2.45. The summed E-state index contributed by atoms with van der Waals surface area (Å²) in [7, 11) is 0. The fourth-order valence-electron chi connectivity index (χ4n) is 3.34. The molecule has 1 saturated carbocycles. The zero-order chi connectivity index (χ0) is 14.9. The number of nitrogens with one attached hydrogen (secondary N) is 1. The summed E-state index contributed by atoms with van der Waals surface area (Å²) in [6.45, 7) is 11.0. The summed E-state index contributed by atoms with van der Waals surface area (Å²) in [5.41, 5.74) is 3.01. The molecule has 0 atom stereocenters. The highest BCUT2D eigenvalue weighted by Crippen LogP contribution is 2.37. The normalized spacial score (nSPS) is 21.5. The Morgan fingerprint density at radius 3 is 2.81 bits per heavy atom. The molecule has 1 aromatic heterocycles. The van der Waals surface area contributed by atoms with Crippen molar-refractivity contribution in [2.24, 2.45) is 0 Å². The molecule has 2 fully saturated rings. The predicted molar refractivity (Wildman–Crippen MR) is 87.2 cm³/mol. The second kappa shape index (κ2) is 5.93. The van der Waals surface area contributed by atoms with Crippen molar-refractivity contribution in [3.8, 4) is 0 Å². The van der Waals surface area contributed by atoms with Gasteiger partial charge in [0.05, 0.1) is 11.4 Å². The average Bonchev–Trinajstić information content (AvgIpc) is 3.15. The maximum Gasteiger partial charge on any atom is 0.113 e. The SMILES string of the molecule is CC/C=C\n1c(CC)nc(C)c1CN1CCNC2(CC2)C1. The minimum Gasteiger partial charge on any atom is -0.309 e. The van der Waals surface area contributed by atoms with Crippen LogP contribution >= 0.6 is 0 Å². The number of nitrogens with zero attached hydrogens (tertiary/aromatic N) is 3. The maximum atomic E-state index is 4.77. The first-order valence-electron chi connectivity index (χ1n) is 8.38. The zero-order valence-corrected chi connectivity index (χ0v) is 13.7. The quantitative estimate of drug-likeness (QED) is 0.904. The maximum absolute atomic E-state index is 4.77. The van der Waals surface area contributed by atoms with Gasteiger partial charge in [0.2, 0.25) is 0 Å². The molecular formula is C17H28N4. The van der Waals surface area contributed by atoms with Crippen molar-refractivity contribution in [3.05, 3.63) is 23.3 Å². The lowest BCUT2D eigenvalue weighted by molar-refractivity contribution is 0.179. The van der Waals surface area contributed by atoms with Gasteiger partial charge in [0.25, 0.3) is 0 Å². The van der Waals surface area contributed by atoms with Gasteiger partial charge >= 0.3 is 0 Å². The van der Waals surface area contributed by atoms with Crippen LogP contribution in [-0.4, -0.2) is 39.6 Å². The van der Waals surface area contributed by atoms with Crippen molar-refractivity contribution in [2.45, 2.75) is 58.5 Å². The molecule has 2 heterocycles. The third kappa shape index (κ3) is 3.06. The van der Waals surface area contributed by atoms with Crippen LogP contribution in [0.1, 0.15) is 50.3 Å². The molecule has 1 saturated heterocycles. The highest BCUT2D eigenvalue weighted by atomic mass is 15.3. The van der Waals surface area contributed by atoms with Gasteiger partial charge < -0.3 is 9.88 Å². The van der Waals surface area contributed by atoms with Crippen LogP contribution in [-0.2, 0) is 13.0 Å². The summed E-state index contributed by atoms with van der Waals surface area (Å²) in [6.07, 6.45) is 9.18. The Morgan fingerprint density at radius 2 is 2.14 bits per heavy atom. The number of imidazole rings is 1. The Labute approximate surface area is 128 Å². The molecule has 3 rings (SSSR count). The van der Waals surface area contributed by atoms with E-state index in [2.05, 4.69) is 47.8 Å². The number of hydrogen-bond acceptors (Lipinski definition) is 3. The number of piperazine rings is 1. The Balaban J connectivity index is 1.80. The Kier molecular flexibility index (Phi) is 4.18. The van der Waals surface area contributed by atoms with Crippen molar-refractivity contribution in [3.63, 3.8) is 0 Å². The second-order valence-corrected chi connectivity index (χ2v) is 6.49. The third-order valence-electron chi connectivity index (χ3n) is 4.77. The first kappa shape index (κ1) is 14.8. The lowest BCUT2D eigenvalue weighted by Crippen LogP contribution is -2.52. The van der Waals surface area contributed by atoms with Gasteiger partial charge in [-0.05, 0) is 26.2 Å². The minimum absolute atomic E-state index is 0.448. The lowest BCUT2D eigenvalue weighted by Gasteiger charge is -2.34. The molecule has 1 aliphatic carbocycles. The molecule has 0 aromatic carbocycles. The van der Waals surface area contributed by atoms with Gasteiger partial charge in [-0.15, -0.1) is 0 Å². The van der Waals surface area contributed by atoms with Gasteiger partial charge in [-0.1, -0.05) is 19.9 Å². The number of aromatic nitrogens is 2. The van der Waals surface area contributed by atoms with Crippen LogP contribution in [0.15, 0.2) is 6.08 Å². The topological polar surface area (TPSA) is 33.1 Å². The van der Waals surface area contributed by atoms with E-state index in [1.807, 2.05) is 0 Å². The second-order valence-electron chi connectivity index (χ2n) is 6.49. The minimum atomic E-state index is 0.448. The molecule has 1 spiro atoms. The van der Waals surface area contributed by atoms with E-state index in [9.17, 15) is 0 Å². The van der Waals surface area contributed by atoms with Crippen molar-refractivity contribution in [2.75, 3.05) is 19.6 Å². The van der Waals surface area contributed by atoms with Crippen molar-refractivity contribution < 1.29 is 0 Å². The first-order valence-corrected chi connectivity index (χ1v) is 8.38. The molecule has 116 valence electrons. The molecule has 4 heteroatoms. The van der Waals surface area contributed by atoms with E-state index in [4.69, 9.17) is 4.98 Å². The van der Waals surface area contributed by atoms with Crippen LogP contribution in [0.2, 0.25) is 0 Å². The van der Waals surface area contributed by atoms with Crippen LogP contribution in [0.3, 0.4) is 0 Å². The molecule has 0 amide bonds. The Bertz CT molecular complexity index is 525. The average molecular weight is 288 g/mol. The molecule has 1 aliphatic heterocycles. The monoisotopic (exact) mass is 288 g/mol. The summed E-state index contributed by atoms with van der Waals surface area (Å²) in [6, 6.07) is 0. The van der Waals surface area contributed by atoms with Crippen molar-refractivity contribution >= 4 is 6.20 Å². The van der Waals surface area contributed by atoms with Crippen LogP contribution in [0, 0.1) is 6.92 Å². The van der Waals surface area contributed by atoms with E-state index in [1.165, 1.54) is 36.6 Å². The number of hydrogen-bond donors (Lipinski definition) is 1. The van der Waals surface area contributed by atoms with Crippen molar-refractivity contribution in [1.82, 2.24) is 19.8 Å². The molecule has 1 N–H and O–H groups in total. The summed E-state index contributed by atoms with van der Waals surface area (Å²) in [5.74, 6) is 1.18. The summed E-state index contributed by atoms with van der Waals surface area (Å²) in [4.78, 5) is 7.37. The van der Waals surface area contributed by atoms with Gasteiger partial charge in [-0.2, -0.15) is 0 Å². The van der Waals surface area contributed by atoms with Crippen LogP contribution in [0.25, 0.3) is 6.20 Å². The lowest BCUT2D eigenvalue weighted by atomic mass is 10.1. The van der Waals surface area contributed by atoms with Gasteiger partial charge in [0.1, 0.15) is 5.82 Å². The van der Waals surface area contributed by atoms with E-state index < -0.39 is 0 Å². The van der Waals surface area contributed by atoms with Crippen LogP contribution in [0.4, 0.5) is 0 Å². The zero-order valence-electron chi connectivity index (χ0n) is 13.7. The Morgan fingerprint density at radius 1 is 1.33 bits per heavy atom. The largest absolute Gasteiger partial charge is 0.309 e. The molecule has 2 aliphatic rings. The fraction of sp³-hybridized carbons (Fsp3) is 0.706. The summed E-state index contributed by atoms with van der Waals surface area (Å²) >= 11 is 0. The van der Waals surface area contributed by atoms with Gasteiger partial charge in [0, 0.05) is 44.3 Å². The van der Waals surface area contributed by atoms with E-state index >= 15 is 0 Å². The third-order valence-corrected chi connectivity index (χ3v) is 4.77. The van der Waals surface area contributed by atoms with E-state index in [0.29, 0.717) is 5.54 Å². The molecular weight excluding hydrogens is 260 g/mol.